The first-order valence-electron chi connectivity index (χ1n) is 5.41. The average molecular weight is 225 g/mol. The first kappa shape index (κ1) is 13.0. The fourth-order valence-electron chi connectivity index (χ4n) is 1.39. The molecule has 0 aliphatic carbocycles. The summed E-state index contributed by atoms with van der Waals surface area (Å²) in [7, 11) is 1.61. The van der Waals surface area contributed by atoms with E-state index in [9.17, 15) is 5.11 Å². The molecule has 0 radical (unpaired) electrons. The highest BCUT2D eigenvalue weighted by molar-refractivity contribution is 5.28. The molecule has 0 aliphatic heterocycles. The van der Waals surface area contributed by atoms with Crippen LogP contribution < -0.4 is 10.1 Å². The number of benzene rings is 1. The molecule has 0 heterocycles. The summed E-state index contributed by atoms with van der Waals surface area (Å²) in [6, 6.07) is 7.34. The van der Waals surface area contributed by atoms with E-state index in [4.69, 9.17) is 9.84 Å². The summed E-state index contributed by atoms with van der Waals surface area (Å²) in [6.45, 7) is 1.38. The zero-order valence-electron chi connectivity index (χ0n) is 9.52. The number of hydrogen-bond acceptors (Lipinski definition) is 4. The molecule has 4 nitrogen and oxygen atoms in total. The second-order valence-electron chi connectivity index (χ2n) is 3.57. The first-order valence-corrected chi connectivity index (χ1v) is 5.41. The van der Waals surface area contributed by atoms with E-state index in [-0.39, 0.29) is 6.61 Å². The molecule has 90 valence electrons. The van der Waals surface area contributed by atoms with E-state index < -0.39 is 6.10 Å². The lowest BCUT2D eigenvalue weighted by atomic mass is 10.1. The van der Waals surface area contributed by atoms with E-state index in [0.717, 1.165) is 11.3 Å². The van der Waals surface area contributed by atoms with E-state index in [2.05, 4.69) is 5.32 Å². The summed E-state index contributed by atoms with van der Waals surface area (Å²) in [5.41, 5.74) is 0.859. The Balaban J connectivity index is 2.37. The van der Waals surface area contributed by atoms with Crippen LogP contribution in [0.15, 0.2) is 24.3 Å². The van der Waals surface area contributed by atoms with Crippen molar-refractivity contribution in [2.24, 2.45) is 0 Å². The summed E-state index contributed by atoms with van der Waals surface area (Å²) in [5, 5.41) is 21.5. The van der Waals surface area contributed by atoms with Crippen LogP contribution in [0.3, 0.4) is 0 Å². The molecule has 3 N–H and O–H groups in total. The van der Waals surface area contributed by atoms with E-state index in [0.29, 0.717) is 19.5 Å². The highest BCUT2D eigenvalue weighted by atomic mass is 16.5. The molecular weight excluding hydrogens is 206 g/mol. The molecule has 0 fully saturated rings. The number of ether oxygens (including phenoxy) is 1. The summed E-state index contributed by atoms with van der Waals surface area (Å²) in [5.74, 6) is 0.782. The number of rotatable bonds is 7. The summed E-state index contributed by atoms with van der Waals surface area (Å²) in [4.78, 5) is 0. The van der Waals surface area contributed by atoms with Gasteiger partial charge in [0.15, 0.2) is 0 Å². The van der Waals surface area contributed by atoms with Gasteiger partial charge in [-0.2, -0.15) is 0 Å². The zero-order chi connectivity index (χ0) is 11.8. The number of hydrogen-bond donors (Lipinski definition) is 3. The van der Waals surface area contributed by atoms with Crippen LogP contribution in [0.4, 0.5) is 0 Å². The van der Waals surface area contributed by atoms with Gasteiger partial charge in [0.05, 0.1) is 13.2 Å². The van der Waals surface area contributed by atoms with Crippen molar-refractivity contribution in [1.29, 1.82) is 0 Å². The second-order valence-corrected chi connectivity index (χ2v) is 3.57. The zero-order valence-corrected chi connectivity index (χ0v) is 9.52. The molecule has 1 rings (SSSR count). The normalized spacial score (nSPS) is 12.4. The molecule has 16 heavy (non-hydrogen) atoms. The molecule has 0 spiro atoms. The van der Waals surface area contributed by atoms with Crippen molar-refractivity contribution >= 4 is 0 Å². The third-order valence-corrected chi connectivity index (χ3v) is 2.35. The molecule has 0 amide bonds. The molecule has 0 bridgehead atoms. The van der Waals surface area contributed by atoms with Gasteiger partial charge in [-0.1, -0.05) is 12.1 Å². The van der Waals surface area contributed by atoms with Gasteiger partial charge in [0, 0.05) is 13.2 Å². The average Bonchev–Trinajstić information content (AvgIpc) is 2.34. The van der Waals surface area contributed by atoms with Gasteiger partial charge in [0.1, 0.15) is 5.75 Å². The van der Waals surface area contributed by atoms with Crippen molar-refractivity contribution < 1.29 is 14.9 Å². The fraction of sp³-hybridized carbons (Fsp3) is 0.500. The second kappa shape index (κ2) is 7.22. The maximum absolute atomic E-state index is 9.82. The highest BCUT2D eigenvalue weighted by Crippen LogP contribution is 2.16. The SMILES string of the molecule is COc1ccc(C(O)CNCCCO)cc1. The number of aliphatic hydroxyl groups excluding tert-OH is 2. The molecule has 1 aromatic rings. The largest absolute Gasteiger partial charge is 0.497 e. The Hall–Kier alpha value is -1.10. The molecule has 1 atom stereocenters. The van der Waals surface area contributed by atoms with Gasteiger partial charge >= 0.3 is 0 Å². The number of nitrogens with one attached hydrogen (secondary N) is 1. The van der Waals surface area contributed by atoms with Crippen LogP contribution in [0.5, 0.6) is 5.75 Å². The van der Waals surface area contributed by atoms with Gasteiger partial charge in [-0.05, 0) is 30.7 Å². The lowest BCUT2D eigenvalue weighted by Crippen LogP contribution is -2.23. The van der Waals surface area contributed by atoms with Crippen LogP contribution in [-0.4, -0.2) is 37.0 Å². The predicted octanol–water partition coefficient (Wildman–Crippen LogP) is 0.701. The van der Waals surface area contributed by atoms with E-state index in [1.807, 2.05) is 24.3 Å². The van der Waals surface area contributed by atoms with Gasteiger partial charge in [0.25, 0.3) is 0 Å². The van der Waals surface area contributed by atoms with Crippen molar-refractivity contribution in [3.8, 4) is 5.75 Å². The van der Waals surface area contributed by atoms with Crippen molar-refractivity contribution in [3.05, 3.63) is 29.8 Å². The lowest BCUT2D eigenvalue weighted by molar-refractivity contribution is 0.173. The molecule has 0 aliphatic rings. The maximum Gasteiger partial charge on any atom is 0.118 e. The van der Waals surface area contributed by atoms with E-state index in [1.54, 1.807) is 7.11 Å². The Kier molecular flexibility index (Phi) is 5.85. The van der Waals surface area contributed by atoms with Gasteiger partial charge < -0.3 is 20.3 Å². The molecule has 4 heteroatoms. The Morgan fingerprint density at radius 1 is 1.31 bits per heavy atom. The molecule has 1 unspecified atom stereocenters. The van der Waals surface area contributed by atoms with Crippen molar-refractivity contribution in [2.45, 2.75) is 12.5 Å². The molecule has 0 saturated heterocycles. The van der Waals surface area contributed by atoms with Gasteiger partial charge in [0.2, 0.25) is 0 Å². The van der Waals surface area contributed by atoms with Crippen molar-refractivity contribution in [2.75, 3.05) is 26.8 Å². The first-order chi connectivity index (χ1) is 7.77. The Morgan fingerprint density at radius 3 is 2.56 bits per heavy atom. The van der Waals surface area contributed by atoms with Crippen LogP contribution in [-0.2, 0) is 0 Å². The van der Waals surface area contributed by atoms with Crippen molar-refractivity contribution in [3.63, 3.8) is 0 Å². The predicted molar refractivity (Wildman–Crippen MR) is 62.5 cm³/mol. The van der Waals surface area contributed by atoms with Crippen LogP contribution >= 0.6 is 0 Å². The van der Waals surface area contributed by atoms with Crippen LogP contribution in [0.25, 0.3) is 0 Å². The monoisotopic (exact) mass is 225 g/mol. The quantitative estimate of drug-likeness (QED) is 0.598. The molecule has 1 aromatic carbocycles. The summed E-state index contributed by atoms with van der Waals surface area (Å²) < 4.78 is 5.04. The van der Waals surface area contributed by atoms with Crippen LogP contribution in [0.1, 0.15) is 18.1 Å². The summed E-state index contributed by atoms with van der Waals surface area (Å²) >= 11 is 0. The number of aliphatic hydroxyl groups is 2. The topological polar surface area (TPSA) is 61.7 Å². The standard InChI is InChI=1S/C12H19NO3/c1-16-11-5-3-10(4-6-11)12(15)9-13-7-2-8-14/h3-6,12-15H,2,7-9H2,1H3. The minimum Gasteiger partial charge on any atom is -0.497 e. The van der Waals surface area contributed by atoms with Gasteiger partial charge in [-0.15, -0.1) is 0 Å². The van der Waals surface area contributed by atoms with Gasteiger partial charge in [-0.25, -0.2) is 0 Å². The maximum atomic E-state index is 9.82. The van der Waals surface area contributed by atoms with Gasteiger partial charge in [-0.3, -0.25) is 0 Å². The molecular formula is C12H19NO3. The smallest absolute Gasteiger partial charge is 0.118 e. The lowest BCUT2D eigenvalue weighted by Gasteiger charge is -2.12. The molecule has 0 aromatic heterocycles. The minimum atomic E-state index is -0.524. The third-order valence-electron chi connectivity index (χ3n) is 2.35. The van der Waals surface area contributed by atoms with E-state index >= 15 is 0 Å². The van der Waals surface area contributed by atoms with Crippen molar-refractivity contribution in [1.82, 2.24) is 5.32 Å². The Labute approximate surface area is 95.9 Å². The highest BCUT2D eigenvalue weighted by Gasteiger charge is 2.06. The number of methoxy groups -OCH3 is 1. The van der Waals surface area contributed by atoms with Crippen LogP contribution in [0, 0.1) is 0 Å². The summed E-state index contributed by atoms with van der Waals surface area (Å²) in [6.07, 6.45) is 0.180. The fourth-order valence-corrected chi connectivity index (χ4v) is 1.39. The third kappa shape index (κ3) is 4.18. The Morgan fingerprint density at radius 2 is 2.00 bits per heavy atom. The minimum absolute atomic E-state index is 0.172. The Bertz CT molecular complexity index is 287. The van der Waals surface area contributed by atoms with E-state index in [1.165, 1.54) is 0 Å². The van der Waals surface area contributed by atoms with Crippen LogP contribution in [0.2, 0.25) is 0 Å². The molecule has 0 saturated carbocycles.